The van der Waals surface area contributed by atoms with Crippen molar-refractivity contribution in [1.29, 1.82) is 0 Å². The van der Waals surface area contributed by atoms with Crippen molar-refractivity contribution in [3.05, 3.63) is 76.3 Å². The molecule has 0 saturated carbocycles. The van der Waals surface area contributed by atoms with E-state index >= 15 is 0 Å². The molecule has 3 heterocycles. The predicted octanol–water partition coefficient (Wildman–Crippen LogP) is 2.14. The third-order valence-corrected chi connectivity index (χ3v) is 5.15. The fourth-order valence-electron chi connectivity index (χ4n) is 3.55. The fourth-order valence-corrected chi connectivity index (χ4v) is 3.55. The number of amides is 1. The van der Waals surface area contributed by atoms with Crippen molar-refractivity contribution in [3.8, 4) is 5.75 Å². The second-order valence-corrected chi connectivity index (χ2v) is 6.88. The van der Waals surface area contributed by atoms with E-state index in [1.165, 1.54) is 22.7 Å². The van der Waals surface area contributed by atoms with Crippen LogP contribution in [-0.4, -0.2) is 44.2 Å². The van der Waals surface area contributed by atoms with Gasteiger partial charge >= 0.3 is 0 Å². The Bertz CT molecular complexity index is 1100. The quantitative estimate of drug-likeness (QED) is 0.706. The summed E-state index contributed by atoms with van der Waals surface area (Å²) in [5.74, 6) is -0.400. The zero-order chi connectivity index (χ0) is 19.7. The van der Waals surface area contributed by atoms with Gasteiger partial charge < -0.3 is 10.0 Å². The smallest absolute Gasteiger partial charge is 0.270 e. The highest BCUT2D eigenvalue weighted by Gasteiger charge is 2.29. The number of carbonyl (C=O) groups is 2. The van der Waals surface area contributed by atoms with Gasteiger partial charge in [0.15, 0.2) is 5.78 Å². The Labute approximate surface area is 160 Å². The monoisotopic (exact) mass is 377 g/mol. The van der Waals surface area contributed by atoms with Crippen molar-refractivity contribution in [3.63, 3.8) is 0 Å². The van der Waals surface area contributed by atoms with Gasteiger partial charge in [-0.1, -0.05) is 6.07 Å². The second-order valence-electron chi connectivity index (χ2n) is 6.88. The average Bonchev–Trinajstić information content (AvgIpc) is 2.74. The molecule has 1 N–H and O–H groups in total. The number of fused-ring (bicyclic) bond motifs is 1. The van der Waals surface area contributed by atoms with Crippen molar-refractivity contribution in [2.75, 3.05) is 13.1 Å². The first-order chi connectivity index (χ1) is 13.5. The van der Waals surface area contributed by atoms with Crippen LogP contribution in [0.1, 0.15) is 33.6 Å². The third kappa shape index (κ3) is 3.26. The molecule has 1 aliphatic heterocycles. The van der Waals surface area contributed by atoms with Crippen LogP contribution in [0, 0.1) is 5.92 Å². The zero-order valence-corrected chi connectivity index (χ0v) is 15.1. The number of aromatic nitrogens is 2. The van der Waals surface area contributed by atoms with Gasteiger partial charge in [0, 0.05) is 37.0 Å². The lowest BCUT2D eigenvalue weighted by molar-refractivity contribution is 0.0648. The SMILES string of the molecule is O=C(c1ccc(O)cc1)C1CCN(C(=O)c2cnc3ccccn3c2=O)CC1. The predicted molar refractivity (Wildman–Crippen MR) is 103 cm³/mol. The molecule has 1 saturated heterocycles. The maximum Gasteiger partial charge on any atom is 0.270 e. The van der Waals surface area contributed by atoms with Gasteiger partial charge in [-0.15, -0.1) is 0 Å². The Kier molecular flexibility index (Phi) is 4.65. The minimum Gasteiger partial charge on any atom is -0.508 e. The highest BCUT2D eigenvalue weighted by Crippen LogP contribution is 2.23. The Morgan fingerprint density at radius 3 is 2.46 bits per heavy atom. The molecule has 4 rings (SSSR count). The Balaban J connectivity index is 1.47. The van der Waals surface area contributed by atoms with Gasteiger partial charge in [0.1, 0.15) is 17.0 Å². The molecule has 0 unspecified atom stereocenters. The molecular weight excluding hydrogens is 358 g/mol. The number of piperidine rings is 1. The first-order valence-corrected chi connectivity index (χ1v) is 9.13. The van der Waals surface area contributed by atoms with E-state index in [1.54, 1.807) is 41.4 Å². The highest BCUT2D eigenvalue weighted by atomic mass is 16.3. The van der Waals surface area contributed by atoms with Crippen molar-refractivity contribution in [2.24, 2.45) is 5.92 Å². The highest BCUT2D eigenvalue weighted by molar-refractivity contribution is 5.98. The molecule has 1 fully saturated rings. The Hall–Kier alpha value is -3.48. The molecule has 0 bridgehead atoms. The number of Topliss-reactive ketones (excluding diaryl/α,β-unsaturated/α-hetero) is 1. The number of likely N-dealkylation sites (tertiary alicyclic amines) is 1. The minimum atomic E-state index is -0.391. The molecule has 142 valence electrons. The standard InChI is InChI=1S/C21H19N3O4/c25-16-6-4-14(5-7-16)19(26)15-8-11-23(12-9-15)20(27)17-13-22-18-3-1-2-10-24(18)21(17)28/h1-7,10,13,15,25H,8-9,11-12H2. The van der Waals surface area contributed by atoms with Gasteiger partial charge in [0.05, 0.1) is 0 Å². The van der Waals surface area contributed by atoms with Crippen molar-refractivity contribution in [1.82, 2.24) is 14.3 Å². The van der Waals surface area contributed by atoms with E-state index in [-0.39, 0.29) is 28.9 Å². The topological polar surface area (TPSA) is 92.0 Å². The summed E-state index contributed by atoms with van der Waals surface area (Å²) < 4.78 is 1.36. The second kappa shape index (κ2) is 7.26. The summed E-state index contributed by atoms with van der Waals surface area (Å²) >= 11 is 0. The van der Waals surface area contributed by atoms with Crippen LogP contribution in [-0.2, 0) is 0 Å². The number of rotatable bonds is 3. The molecule has 0 spiro atoms. The maximum absolute atomic E-state index is 12.8. The molecule has 28 heavy (non-hydrogen) atoms. The van der Waals surface area contributed by atoms with Crippen LogP contribution in [0.25, 0.3) is 5.65 Å². The Morgan fingerprint density at radius 1 is 1.04 bits per heavy atom. The number of carbonyl (C=O) groups excluding carboxylic acids is 2. The number of hydrogen-bond acceptors (Lipinski definition) is 5. The van der Waals surface area contributed by atoms with Crippen LogP contribution in [0.2, 0.25) is 0 Å². The third-order valence-electron chi connectivity index (χ3n) is 5.15. The maximum atomic E-state index is 12.8. The fraction of sp³-hybridized carbons (Fsp3) is 0.238. The number of ketones is 1. The molecule has 7 nitrogen and oxygen atoms in total. The van der Waals surface area contributed by atoms with E-state index < -0.39 is 5.56 Å². The van der Waals surface area contributed by atoms with E-state index in [2.05, 4.69) is 4.98 Å². The lowest BCUT2D eigenvalue weighted by Gasteiger charge is -2.31. The van der Waals surface area contributed by atoms with Crippen LogP contribution >= 0.6 is 0 Å². The number of nitrogens with zero attached hydrogens (tertiary/aromatic N) is 3. The van der Waals surface area contributed by atoms with Gasteiger partial charge in [0.25, 0.3) is 11.5 Å². The van der Waals surface area contributed by atoms with Crippen molar-refractivity contribution < 1.29 is 14.7 Å². The van der Waals surface area contributed by atoms with Gasteiger partial charge in [-0.3, -0.25) is 18.8 Å². The summed E-state index contributed by atoms with van der Waals surface area (Å²) in [6, 6.07) is 11.4. The first-order valence-electron chi connectivity index (χ1n) is 9.13. The summed E-state index contributed by atoms with van der Waals surface area (Å²) in [7, 11) is 0. The lowest BCUT2D eigenvalue weighted by Crippen LogP contribution is -2.42. The van der Waals surface area contributed by atoms with Gasteiger partial charge in [0.2, 0.25) is 0 Å². The summed E-state index contributed by atoms with van der Waals surface area (Å²) in [4.78, 5) is 43.8. The lowest BCUT2D eigenvalue weighted by atomic mass is 9.88. The molecule has 1 aromatic carbocycles. The summed E-state index contributed by atoms with van der Waals surface area (Å²) in [5, 5.41) is 9.35. The van der Waals surface area contributed by atoms with Crippen LogP contribution in [0.5, 0.6) is 5.75 Å². The largest absolute Gasteiger partial charge is 0.508 e. The zero-order valence-electron chi connectivity index (χ0n) is 15.1. The minimum absolute atomic E-state index is 0.0135. The average molecular weight is 377 g/mol. The van der Waals surface area contributed by atoms with E-state index in [9.17, 15) is 19.5 Å². The van der Waals surface area contributed by atoms with Crippen LogP contribution < -0.4 is 5.56 Å². The molecule has 3 aromatic rings. The number of phenolic OH excluding ortho intramolecular Hbond substituents is 1. The molecule has 2 aromatic heterocycles. The van der Waals surface area contributed by atoms with Crippen LogP contribution in [0.15, 0.2) is 59.7 Å². The number of benzene rings is 1. The molecule has 0 aliphatic carbocycles. The molecule has 0 atom stereocenters. The number of phenols is 1. The number of pyridine rings is 1. The molecule has 0 radical (unpaired) electrons. The van der Waals surface area contributed by atoms with E-state index in [1.807, 2.05) is 0 Å². The van der Waals surface area contributed by atoms with Crippen LogP contribution in [0.3, 0.4) is 0 Å². The van der Waals surface area contributed by atoms with Gasteiger partial charge in [-0.25, -0.2) is 4.98 Å². The van der Waals surface area contributed by atoms with Gasteiger partial charge in [-0.2, -0.15) is 0 Å². The first kappa shape index (κ1) is 17.9. The molecule has 7 heteroatoms. The molecule has 1 aliphatic rings. The van der Waals surface area contributed by atoms with E-state index in [4.69, 9.17) is 0 Å². The Morgan fingerprint density at radius 2 is 1.75 bits per heavy atom. The molecule has 1 amide bonds. The normalized spacial score (nSPS) is 14.9. The number of aromatic hydroxyl groups is 1. The van der Waals surface area contributed by atoms with Crippen molar-refractivity contribution in [2.45, 2.75) is 12.8 Å². The summed E-state index contributed by atoms with van der Waals surface area (Å²) in [6.07, 6.45) is 3.99. The van der Waals surface area contributed by atoms with E-state index in [0.29, 0.717) is 37.1 Å². The van der Waals surface area contributed by atoms with Crippen LogP contribution in [0.4, 0.5) is 0 Å². The summed E-state index contributed by atoms with van der Waals surface area (Å²) in [5.41, 5.74) is 0.687. The van der Waals surface area contributed by atoms with Crippen molar-refractivity contribution >= 4 is 17.3 Å². The van der Waals surface area contributed by atoms with Gasteiger partial charge in [-0.05, 0) is 49.2 Å². The number of hydrogen-bond donors (Lipinski definition) is 1. The summed E-state index contributed by atoms with van der Waals surface area (Å²) in [6.45, 7) is 0.814. The molecular formula is C21H19N3O4. The van der Waals surface area contributed by atoms with E-state index in [0.717, 1.165) is 0 Å².